The molecular weight excluding hydrogens is 1030 g/mol. The standard InChI is InChI=1S/C73H145N2O6P/c1-6-8-10-12-14-16-18-20-22-24-26-28-30-31-32-33-34-35-36-37-38-39-40-41-42-43-44-45-47-49-51-53-55-57-59-61-63-65-67-73(77)74-71(70-81-82(78,79)80-69-68-75(3,4)5)72(76)66-64-62-60-58-56-54-52-50-48-46-29-27-25-23-21-19-17-15-13-11-9-7-2/h56,58,64,66,71-72,76H,6-55,57,59-63,65,67-70H2,1-5H3,(H-,74,77,78,79)/p+1/b58-56+,66-64+. The SMILES string of the molecule is CCCCCCCCCCCCCCCCCC/C=C/CC/C=C/C(O)C(COP(=O)(O)OCC[N+](C)(C)C)NC(=O)CCCCCCCCCCCCCCCCCCCCCCCCCCCCCCCCCCCCCCCC. The summed E-state index contributed by atoms with van der Waals surface area (Å²) in [5, 5.41) is 14.0. The molecule has 0 aromatic rings. The van der Waals surface area contributed by atoms with Gasteiger partial charge in [0.2, 0.25) is 5.91 Å². The van der Waals surface area contributed by atoms with Gasteiger partial charge in [-0.15, -0.1) is 0 Å². The lowest BCUT2D eigenvalue weighted by molar-refractivity contribution is -0.870. The molecule has 1 amide bonds. The zero-order valence-electron chi connectivity index (χ0n) is 56.0. The molecule has 3 atom stereocenters. The fourth-order valence-electron chi connectivity index (χ4n) is 11.5. The number of likely N-dealkylation sites (N-methyl/N-ethyl adjacent to an activating group) is 1. The van der Waals surface area contributed by atoms with E-state index in [1.54, 1.807) is 6.08 Å². The summed E-state index contributed by atoms with van der Waals surface area (Å²) in [5.74, 6) is -0.178. The number of allylic oxidation sites excluding steroid dienone is 3. The van der Waals surface area contributed by atoms with E-state index in [9.17, 15) is 19.4 Å². The third kappa shape index (κ3) is 66.5. The summed E-state index contributed by atoms with van der Waals surface area (Å²) >= 11 is 0. The molecule has 0 spiro atoms. The summed E-state index contributed by atoms with van der Waals surface area (Å²) in [7, 11) is 1.57. The van der Waals surface area contributed by atoms with Gasteiger partial charge in [-0.3, -0.25) is 13.8 Å². The van der Waals surface area contributed by atoms with Gasteiger partial charge in [-0.05, 0) is 32.1 Å². The van der Waals surface area contributed by atoms with Crippen LogP contribution in [0.3, 0.4) is 0 Å². The number of hydrogen-bond acceptors (Lipinski definition) is 5. The molecule has 488 valence electrons. The van der Waals surface area contributed by atoms with Crippen molar-refractivity contribution in [2.45, 2.75) is 398 Å². The Morgan fingerprint density at radius 2 is 0.671 bits per heavy atom. The molecule has 0 rings (SSSR count). The minimum absolute atomic E-state index is 0.0591. The third-order valence-corrected chi connectivity index (χ3v) is 18.2. The summed E-state index contributed by atoms with van der Waals surface area (Å²) in [4.78, 5) is 23.4. The Balaban J connectivity index is 3.94. The molecule has 9 heteroatoms. The number of aliphatic hydroxyl groups is 1. The number of phosphoric acid groups is 1. The number of rotatable bonds is 69. The van der Waals surface area contributed by atoms with E-state index in [1.807, 2.05) is 27.2 Å². The molecule has 0 aliphatic rings. The zero-order chi connectivity index (χ0) is 59.8. The van der Waals surface area contributed by atoms with Crippen molar-refractivity contribution in [2.75, 3.05) is 40.9 Å². The topological polar surface area (TPSA) is 105 Å². The first-order valence-corrected chi connectivity index (χ1v) is 38.2. The number of nitrogens with one attached hydrogen (secondary N) is 1. The lowest BCUT2D eigenvalue weighted by Crippen LogP contribution is -2.45. The number of carbonyl (C=O) groups excluding carboxylic acids is 1. The second-order valence-electron chi connectivity index (χ2n) is 26.7. The Kier molecular flexibility index (Phi) is 63.7. The van der Waals surface area contributed by atoms with Crippen LogP contribution in [0.1, 0.15) is 386 Å². The molecule has 0 heterocycles. The van der Waals surface area contributed by atoms with Crippen molar-refractivity contribution >= 4 is 13.7 Å². The first-order chi connectivity index (χ1) is 40.0. The second kappa shape index (κ2) is 64.5. The number of hydrogen-bond donors (Lipinski definition) is 3. The van der Waals surface area contributed by atoms with Crippen LogP contribution >= 0.6 is 7.82 Å². The van der Waals surface area contributed by atoms with Gasteiger partial charge in [0.1, 0.15) is 13.2 Å². The Labute approximate surface area is 513 Å². The van der Waals surface area contributed by atoms with E-state index in [-0.39, 0.29) is 19.1 Å². The van der Waals surface area contributed by atoms with Crippen LogP contribution < -0.4 is 5.32 Å². The van der Waals surface area contributed by atoms with Crippen LogP contribution in [0.4, 0.5) is 0 Å². The Morgan fingerprint density at radius 3 is 0.976 bits per heavy atom. The number of quaternary nitrogens is 1. The van der Waals surface area contributed by atoms with Gasteiger partial charge < -0.3 is 19.8 Å². The summed E-state index contributed by atoms with van der Waals surface area (Å²) in [5.41, 5.74) is 0. The van der Waals surface area contributed by atoms with Crippen LogP contribution in [0.5, 0.6) is 0 Å². The Hall–Kier alpha value is -1.02. The van der Waals surface area contributed by atoms with E-state index in [0.29, 0.717) is 17.4 Å². The number of aliphatic hydroxyl groups excluding tert-OH is 1. The summed E-state index contributed by atoms with van der Waals surface area (Å²) < 4.78 is 23.8. The summed E-state index contributed by atoms with van der Waals surface area (Å²) in [6.45, 7) is 4.86. The zero-order valence-corrected chi connectivity index (χ0v) is 56.9. The van der Waals surface area contributed by atoms with E-state index in [0.717, 1.165) is 38.5 Å². The molecule has 0 aromatic carbocycles. The van der Waals surface area contributed by atoms with Gasteiger partial charge >= 0.3 is 7.82 Å². The van der Waals surface area contributed by atoms with E-state index < -0.39 is 20.0 Å². The van der Waals surface area contributed by atoms with Crippen LogP contribution in [0.25, 0.3) is 0 Å². The highest BCUT2D eigenvalue weighted by atomic mass is 31.2. The van der Waals surface area contributed by atoms with E-state index in [2.05, 4.69) is 31.3 Å². The van der Waals surface area contributed by atoms with Gasteiger partial charge in [-0.1, -0.05) is 372 Å². The fourth-order valence-corrected chi connectivity index (χ4v) is 12.2. The number of unbranched alkanes of at least 4 members (excludes halogenated alkanes) is 54. The van der Waals surface area contributed by atoms with Gasteiger partial charge in [0.05, 0.1) is 39.9 Å². The molecule has 0 bridgehead atoms. The highest BCUT2D eigenvalue weighted by molar-refractivity contribution is 7.47. The van der Waals surface area contributed by atoms with Crippen LogP contribution in [-0.4, -0.2) is 73.4 Å². The molecule has 3 unspecified atom stereocenters. The van der Waals surface area contributed by atoms with Crippen molar-refractivity contribution in [1.29, 1.82) is 0 Å². The maximum atomic E-state index is 13.0. The molecule has 0 aliphatic heterocycles. The lowest BCUT2D eigenvalue weighted by Gasteiger charge is -2.25. The van der Waals surface area contributed by atoms with Crippen molar-refractivity contribution in [3.05, 3.63) is 24.3 Å². The molecule has 0 aliphatic carbocycles. The lowest BCUT2D eigenvalue weighted by atomic mass is 10.0. The van der Waals surface area contributed by atoms with Gasteiger partial charge in [0, 0.05) is 6.42 Å². The van der Waals surface area contributed by atoms with Gasteiger partial charge in [-0.25, -0.2) is 4.57 Å². The third-order valence-electron chi connectivity index (χ3n) is 17.2. The van der Waals surface area contributed by atoms with Crippen LogP contribution in [-0.2, 0) is 18.4 Å². The average Bonchev–Trinajstić information content (AvgIpc) is 3.46. The number of amides is 1. The molecule has 82 heavy (non-hydrogen) atoms. The van der Waals surface area contributed by atoms with Crippen molar-refractivity contribution in [2.24, 2.45) is 0 Å². The minimum atomic E-state index is -4.36. The Morgan fingerprint density at radius 1 is 0.402 bits per heavy atom. The maximum Gasteiger partial charge on any atom is 0.472 e. The van der Waals surface area contributed by atoms with Crippen LogP contribution in [0, 0.1) is 0 Å². The van der Waals surface area contributed by atoms with Gasteiger partial charge in [0.15, 0.2) is 0 Å². The largest absolute Gasteiger partial charge is 0.472 e. The number of phosphoric ester groups is 1. The van der Waals surface area contributed by atoms with Crippen molar-refractivity contribution in [3.63, 3.8) is 0 Å². The quantitative estimate of drug-likeness (QED) is 0.0243. The smallest absolute Gasteiger partial charge is 0.387 e. The first kappa shape index (κ1) is 81.0. The van der Waals surface area contributed by atoms with Crippen LogP contribution in [0.15, 0.2) is 24.3 Å². The van der Waals surface area contributed by atoms with Crippen molar-refractivity contribution in [3.8, 4) is 0 Å². The van der Waals surface area contributed by atoms with E-state index >= 15 is 0 Å². The van der Waals surface area contributed by atoms with E-state index in [4.69, 9.17) is 9.05 Å². The summed E-state index contributed by atoms with van der Waals surface area (Å²) in [6, 6.07) is -0.862. The predicted molar refractivity (Wildman–Crippen MR) is 360 cm³/mol. The molecular formula is C73H146N2O6P+. The monoisotopic (exact) mass is 1180 g/mol. The first-order valence-electron chi connectivity index (χ1n) is 36.7. The number of carbonyl (C=O) groups is 1. The minimum Gasteiger partial charge on any atom is -0.387 e. The average molecular weight is 1180 g/mol. The highest BCUT2D eigenvalue weighted by Gasteiger charge is 2.28. The molecule has 8 nitrogen and oxygen atoms in total. The fraction of sp³-hybridized carbons (Fsp3) is 0.932. The molecule has 0 radical (unpaired) electrons. The molecule has 0 aromatic heterocycles. The molecule has 3 N–H and O–H groups in total. The predicted octanol–water partition coefficient (Wildman–Crippen LogP) is 23.4. The van der Waals surface area contributed by atoms with E-state index in [1.165, 1.54) is 327 Å². The van der Waals surface area contributed by atoms with Crippen molar-refractivity contribution < 1.29 is 32.9 Å². The highest BCUT2D eigenvalue weighted by Crippen LogP contribution is 2.43. The second-order valence-corrected chi connectivity index (χ2v) is 28.1. The van der Waals surface area contributed by atoms with Crippen LogP contribution in [0.2, 0.25) is 0 Å². The normalized spacial score (nSPS) is 13.7. The van der Waals surface area contributed by atoms with Gasteiger partial charge in [0.25, 0.3) is 0 Å². The molecule has 0 fully saturated rings. The van der Waals surface area contributed by atoms with Crippen molar-refractivity contribution in [1.82, 2.24) is 5.32 Å². The summed E-state index contributed by atoms with van der Waals surface area (Å²) in [6.07, 6.45) is 85.0. The molecule has 0 saturated heterocycles. The van der Waals surface area contributed by atoms with Gasteiger partial charge in [-0.2, -0.15) is 0 Å². The maximum absolute atomic E-state index is 13.0. The Bertz CT molecular complexity index is 1390. The molecule has 0 saturated carbocycles. The number of nitrogens with zero attached hydrogens (tertiary/aromatic N) is 1.